The van der Waals surface area contributed by atoms with Crippen LogP contribution in [0, 0.1) is 11.8 Å². The Morgan fingerprint density at radius 1 is 0.917 bits per heavy atom. The Kier molecular flexibility index (Phi) is 7.11. The molecule has 0 aliphatic carbocycles. The normalized spacial score (nSPS) is 29.7. The van der Waals surface area contributed by atoms with Crippen molar-refractivity contribution in [3.05, 3.63) is 0 Å². The molecule has 0 bridgehead atoms. The number of hydrogen-bond acceptors (Lipinski definition) is 7. The highest BCUT2D eigenvalue weighted by Crippen LogP contribution is 2.36. The number of carboxylic acid groups (broad SMARTS) is 3. The summed E-state index contributed by atoms with van der Waals surface area (Å²) in [5.74, 6) is -5.82. The van der Waals surface area contributed by atoms with E-state index >= 15 is 0 Å². The lowest BCUT2D eigenvalue weighted by Gasteiger charge is -2.44. The molecule has 1 aliphatic heterocycles. The minimum atomic E-state index is -1.19. The van der Waals surface area contributed by atoms with E-state index in [0.717, 1.165) is 6.92 Å². The first kappa shape index (κ1) is 19.8. The fourth-order valence-corrected chi connectivity index (χ4v) is 2.95. The molecule has 1 saturated heterocycles. The van der Waals surface area contributed by atoms with Crippen molar-refractivity contribution in [3.8, 4) is 0 Å². The minimum Gasteiger partial charge on any atom is -0.481 e. The maximum Gasteiger partial charge on any atom is 0.306 e. The van der Waals surface area contributed by atoms with Gasteiger partial charge in [-0.25, -0.2) is 0 Å². The van der Waals surface area contributed by atoms with Crippen LogP contribution >= 0.6 is 0 Å². The fourth-order valence-electron chi connectivity index (χ4n) is 2.95. The number of aliphatic carboxylic acids is 3. The lowest BCUT2D eigenvalue weighted by molar-refractivity contribution is -0.177. The van der Waals surface area contributed by atoms with Gasteiger partial charge in [0.15, 0.2) is 0 Å². The molecule has 0 saturated carbocycles. The molecular formula is C14H21NO9. The van der Waals surface area contributed by atoms with Crippen molar-refractivity contribution in [2.24, 2.45) is 17.6 Å². The second-order valence-electron chi connectivity index (χ2n) is 5.71. The van der Waals surface area contributed by atoms with E-state index in [2.05, 4.69) is 0 Å². The van der Waals surface area contributed by atoms with Crippen LogP contribution in [0.4, 0.5) is 0 Å². The zero-order valence-electron chi connectivity index (χ0n) is 13.1. The molecule has 0 spiro atoms. The number of carboxylic acids is 3. The molecule has 1 aliphatic rings. The Balaban J connectivity index is 3.08. The fraction of sp³-hybridized carbons (Fsp3) is 0.714. The van der Waals surface area contributed by atoms with Crippen molar-refractivity contribution in [1.29, 1.82) is 0 Å². The number of carbonyl (C=O) groups excluding carboxylic acids is 1. The predicted octanol–water partition coefficient (Wildman–Crippen LogP) is -0.699. The van der Waals surface area contributed by atoms with Crippen LogP contribution in [0.2, 0.25) is 0 Å². The summed E-state index contributed by atoms with van der Waals surface area (Å²) in [6.07, 6.45) is -3.28. The molecule has 10 nitrogen and oxygen atoms in total. The molecule has 0 aromatic rings. The molecule has 1 rings (SSSR count). The maximum absolute atomic E-state index is 11.1. The molecular weight excluding hydrogens is 326 g/mol. The molecule has 0 aromatic carbocycles. The SMILES string of the molecule is CC(=O)OC[C@@H]1O[C@@H](CC(=O)O)[C@H](N)[C@H](CC(=O)O)[C@@H]1CC(=O)O. The summed E-state index contributed by atoms with van der Waals surface area (Å²) in [6.45, 7) is 0.858. The van der Waals surface area contributed by atoms with Crippen LogP contribution < -0.4 is 5.73 Å². The Bertz CT molecular complexity index is 490. The molecule has 5 atom stereocenters. The summed E-state index contributed by atoms with van der Waals surface area (Å²) < 4.78 is 10.4. The highest BCUT2D eigenvalue weighted by molar-refractivity contribution is 5.70. The summed E-state index contributed by atoms with van der Waals surface area (Å²) in [5, 5.41) is 27.1. The van der Waals surface area contributed by atoms with Gasteiger partial charge in [-0.15, -0.1) is 0 Å². The number of ether oxygens (including phenoxy) is 2. The Hall–Kier alpha value is -2.20. The smallest absolute Gasteiger partial charge is 0.306 e. The summed E-state index contributed by atoms with van der Waals surface area (Å²) in [4.78, 5) is 44.1. The van der Waals surface area contributed by atoms with Gasteiger partial charge in [0, 0.05) is 18.9 Å². The number of hydrogen-bond donors (Lipinski definition) is 4. The highest BCUT2D eigenvalue weighted by Gasteiger charge is 2.46. The van der Waals surface area contributed by atoms with Crippen LogP contribution in [0.1, 0.15) is 26.2 Å². The van der Waals surface area contributed by atoms with Crippen molar-refractivity contribution in [1.82, 2.24) is 0 Å². The number of nitrogens with two attached hydrogens (primary N) is 1. The molecule has 136 valence electrons. The molecule has 0 amide bonds. The van der Waals surface area contributed by atoms with Gasteiger partial charge >= 0.3 is 23.9 Å². The van der Waals surface area contributed by atoms with Crippen molar-refractivity contribution >= 4 is 23.9 Å². The zero-order chi connectivity index (χ0) is 18.4. The second-order valence-corrected chi connectivity index (χ2v) is 5.71. The van der Waals surface area contributed by atoms with Gasteiger partial charge in [-0.3, -0.25) is 19.2 Å². The first-order chi connectivity index (χ1) is 11.1. The molecule has 24 heavy (non-hydrogen) atoms. The molecule has 1 heterocycles. The largest absolute Gasteiger partial charge is 0.481 e. The van der Waals surface area contributed by atoms with E-state index in [1.165, 1.54) is 0 Å². The number of esters is 1. The standard InChI is InChI=1S/C14H21NO9/c1-6(16)23-5-10-7(2-11(17)18)8(3-12(19)20)14(15)9(24-10)4-13(21)22/h7-10,14H,2-5,15H2,1H3,(H,17,18)(H,19,20)(H,21,22)/t7-,8+,9-,10-,14+/m0/s1. The van der Waals surface area contributed by atoms with Gasteiger partial charge in [0.05, 0.1) is 31.5 Å². The average molecular weight is 347 g/mol. The quantitative estimate of drug-likeness (QED) is 0.411. The monoisotopic (exact) mass is 347 g/mol. The molecule has 10 heteroatoms. The lowest BCUT2D eigenvalue weighted by atomic mass is 9.74. The summed E-state index contributed by atoms with van der Waals surface area (Å²) >= 11 is 0. The minimum absolute atomic E-state index is 0.299. The molecule has 5 N–H and O–H groups in total. The van der Waals surface area contributed by atoms with Crippen LogP contribution in [-0.2, 0) is 28.7 Å². The molecule has 1 fully saturated rings. The highest BCUT2D eigenvalue weighted by atomic mass is 16.6. The van der Waals surface area contributed by atoms with Crippen LogP contribution in [-0.4, -0.2) is 64.1 Å². The van der Waals surface area contributed by atoms with Gasteiger partial charge in [-0.2, -0.15) is 0 Å². The zero-order valence-corrected chi connectivity index (χ0v) is 13.1. The van der Waals surface area contributed by atoms with E-state index in [4.69, 9.17) is 30.5 Å². The third-order valence-electron chi connectivity index (χ3n) is 3.95. The van der Waals surface area contributed by atoms with E-state index in [9.17, 15) is 19.2 Å². The third kappa shape index (κ3) is 5.78. The van der Waals surface area contributed by atoms with Gasteiger partial charge in [0.1, 0.15) is 6.61 Å². The second kappa shape index (κ2) is 8.60. The number of rotatable bonds is 8. The predicted molar refractivity (Wildman–Crippen MR) is 77.0 cm³/mol. The van der Waals surface area contributed by atoms with Crippen molar-refractivity contribution in [2.75, 3.05) is 6.61 Å². The Labute approximate surface area is 137 Å². The number of carbonyl (C=O) groups is 4. The van der Waals surface area contributed by atoms with E-state index < -0.39 is 73.2 Å². The van der Waals surface area contributed by atoms with E-state index in [1.54, 1.807) is 0 Å². The topological polar surface area (TPSA) is 173 Å². The van der Waals surface area contributed by atoms with Crippen molar-refractivity contribution in [2.45, 2.75) is 44.4 Å². The van der Waals surface area contributed by atoms with Gasteiger partial charge in [0.25, 0.3) is 0 Å². The van der Waals surface area contributed by atoms with Gasteiger partial charge in [0.2, 0.25) is 0 Å². The first-order valence-corrected chi connectivity index (χ1v) is 7.31. The Morgan fingerprint density at radius 2 is 1.42 bits per heavy atom. The summed E-state index contributed by atoms with van der Waals surface area (Å²) in [5.41, 5.74) is 5.95. The van der Waals surface area contributed by atoms with E-state index in [-0.39, 0.29) is 6.61 Å². The van der Waals surface area contributed by atoms with Crippen molar-refractivity contribution < 1.29 is 44.0 Å². The average Bonchev–Trinajstić information content (AvgIpc) is 2.42. The molecule has 0 aromatic heterocycles. The van der Waals surface area contributed by atoms with Crippen LogP contribution in [0.3, 0.4) is 0 Å². The van der Waals surface area contributed by atoms with Gasteiger partial charge in [-0.05, 0) is 5.92 Å². The van der Waals surface area contributed by atoms with Gasteiger partial charge in [-0.1, -0.05) is 0 Å². The first-order valence-electron chi connectivity index (χ1n) is 7.31. The summed E-state index contributed by atoms with van der Waals surface area (Å²) in [7, 11) is 0. The van der Waals surface area contributed by atoms with E-state index in [0.29, 0.717) is 0 Å². The van der Waals surface area contributed by atoms with Crippen LogP contribution in [0.15, 0.2) is 0 Å². The van der Waals surface area contributed by atoms with Crippen LogP contribution in [0.5, 0.6) is 0 Å². The lowest BCUT2D eigenvalue weighted by Crippen LogP contribution is -2.57. The molecule has 0 radical (unpaired) electrons. The summed E-state index contributed by atoms with van der Waals surface area (Å²) in [6, 6.07) is -0.963. The third-order valence-corrected chi connectivity index (χ3v) is 3.95. The van der Waals surface area contributed by atoms with Crippen LogP contribution in [0.25, 0.3) is 0 Å². The maximum atomic E-state index is 11.1. The Morgan fingerprint density at radius 3 is 1.88 bits per heavy atom. The van der Waals surface area contributed by atoms with Gasteiger partial charge < -0.3 is 30.5 Å². The van der Waals surface area contributed by atoms with Crippen molar-refractivity contribution in [3.63, 3.8) is 0 Å². The molecule has 0 unspecified atom stereocenters. The van der Waals surface area contributed by atoms with E-state index in [1.807, 2.05) is 0 Å².